The first kappa shape index (κ1) is 19.3. The molecule has 0 atom stereocenters. The molecule has 0 spiro atoms. The normalized spacial score (nSPS) is 10.3. The van der Waals surface area contributed by atoms with E-state index in [1.54, 1.807) is 38.5 Å². The number of rotatable bonds is 8. The van der Waals surface area contributed by atoms with Crippen LogP contribution in [0, 0.1) is 11.3 Å². The van der Waals surface area contributed by atoms with Gasteiger partial charge in [0, 0.05) is 12.2 Å². The summed E-state index contributed by atoms with van der Waals surface area (Å²) in [5.74, 6) is 1.28. The van der Waals surface area contributed by atoms with E-state index >= 15 is 0 Å². The second-order valence-electron chi connectivity index (χ2n) is 5.92. The predicted octanol–water partition coefficient (Wildman–Crippen LogP) is 2.69. The molecular weight excluding hydrogens is 330 g/mol. The molecule has 0 saturated heterocycles. The number of anilines is 1. The molecule has 0 radical (unpaired) electrons. The SMILES string of the molecule is COc1ccc(CCN(C)CC(=O)Nc2cccc(C#N)c2)cc1OC. The van der Waals surface area contributed by atoms with Gasteiger partial charge >= 0.3 is 0 Å². The average Bonchev–Trinajstić information content (AvgIpc) is 2.66. The summed E-state index contributed by atoms with van der Waals surface area (Å²) in [6.45, 7) is 0.991. The van der Waals surface area contributed by atoms with E-state index in [4.69, 9.17) is 14.7 Å². The van der Waals surface area contributed by atoms with Crippen LogP contribution < -0.4 is 14.8 Å². The fourth-order valence-corrected chi connectivity index (χ4v) is 2.55. The van der Waals surface area contributed by atoms with Gasteiger partial charge in [-0.25, -0.2) is 0 Å². The summed E-state index contributed by atoms with van der Waals surface area (Å²) in [6, 6.07) is 14.7. The van der Waals surface area contributed by atoms with Crippen LogP contribution in [-0.2, 0) is 11.2 Å². The number of carbonyl (C=O) groups is 1. The number of likely N-dealkylation sites (N-methyl/N-ethyl adjacent to an activating group) is 1. The van der Waals surface area contributed by atoms with Crippen molar-refractivity contribution in [2.24, 2.45) is 0 Å². The Hall–Kier alpha value is -3.04. The fourth-order valence-electron chi connectivity index (χ4n) is 2.55. The lowest BCUT2D eigenvalue weighted by Gasteiger charge is -2.17. The molecule has 6 heteroatoms. The number of hydrogen-bond acceptors (Lipinski definition) is 5. The number of nitrogens with zero attached hydrogens (tertiary/aromatic N) is 2. The first-order chi connectivity index (χ1) is 12.5. The molecule has 0 unspecified atom stereocenters. The van der Waals surface area contributed by atoms with Gasteiger partial charge in [0.15, 0.2) is 11.5 Å². The summed E-state index contributed by atoms with van der Waals surface area (Å²) in [5.41, 5.74) is 2.25. The van der Waals surface area contributed by atoms with E-state index in [0.717, 1.165) is 18.5 Å². The van der Waals surface area contributed by atoms with Crippen LogP contribution in [0.25, 0.3) is 0 Å². The quantitative estimate of drug-likeness (QED) is 0.790. The van der Waals surface area contributed by atoms with E-state index < -0.39 is 0 Å². The van der Waals surface area contributed by atoms with Crippen molar-refractivity contribution >= 4 is 11.6 Å². The zero-order chi connectivity index (χ0) is 18.9. The summed E-state index contributed by atoms with van der Waals surface area (Å²) >= 11 is 0. The Labute approximate surface area is 153 Å². The molecule has 0 aliphatic rings. The monoisotopic (exact) mass is 353 g/mol. The lowest BCUT2D eigenvalue weighted by atomic mass is 10.1. The summed E-state index contributed by atoms with van der Waals surface area (Å²) in [4.78, 5) is 14.1. The molecule has 26 heavy (non-hydrogen) atoms. The smallest absolute Gasteiger partial charge is 0.238 e. The van der Waals surface area contributed by atoms with Crippen molar-refractivity contribution in [3.8, 4) is 17.6 Å². The molecule has 0 heterocycles. The van der Waals surface area contributed by atoms with Crippen LogP contribution >= 0.6 is 0 Å². The Morgan fingerprint density at radius 3 is 2.62 bits per heavy atom. The highest BCUT2D eigenvalue weighted by Crippen LogP contribution is 2.27. The minimum atomic E-state index is -0.116. The molecule has 6 nitrogen and oxygen atoms in total. The highest BCUT2D eigenvalue weighted by molar-refractivity contribution is 5.92. The number of ether oxygens (including phenoxy) is 2. The molecule has 0 saturated carbocycles. The Kier molecular flexibility index (Phi) is 7.01. The van der Waals surface area contributed by atoms with Crippen molar-refractivity contribution in [3.63, 3.8) is 0 Å². The van der Waals surface area contributed by atoms with Gasteiger partial charge in [-0.1, -0.05) is 12.1 Å². The topological polar surface area (TPSA) is 74.6 Å². The Balaban J connectivity index is 1.85. The Morgan fingerprint density at radius 1 is 1.15 bits per heavy atom. The molecule has 0 aliphatic carbocycles. The fraction of sp³-hybridized carbons (Fsp3) is 0.300. The van der Waals surface area contributed by atoms with Crippen molar-refractivity contribution in [1.29, 1.82) is 5.26 Å². The molecular formula is C20H23N3O3. The molecule has 0 bridgehead atoms. The van der Waals surface area contributed by atoms with E-state index in [2.05, 4.69) is 11.4 Å². The van der Waals surface area contributed by atoms with Gasteiger partial charge in [-0.05, 0) is 49.4 Å². The number of benzene rings is 2. The Morgan fingerprint density at radius 2 is 1.92 bits per heavy atom. The lowest BCUT2D eigenvalue weighted by molar-refractivity contribution is -0.117. The van der Waals surface area contributed by atoms with Crippen molar-refractivity contribution in [2.75, 3.05) is 39.7 Å². The number of hydrogen-bond donors (Lipinski definition) is 1. The van der Waals surface area contributed by atoms with Gasteiger partial charge in [-0.15, -0.1) is 0 Å². The molecule has 0 aromatic heterocycles. The van der Waals surface area contributed by atoms with Crippen molar-refractivity contribution in [3.05, 3.63) is 53.6 Å². The van der Waals surface area contributed by atoms with Crippen LogP contribution in [0.5, 0.6) is 11.5 Å². The van der Waals surface area contributed by atoms with Crippen LogP contribution in [0.15, 0.2) is 42.5 Å². The van der Waals surface area contributed by atoms with E-state index in [1.807, 2.05) is 30.1 Å². The van der Waals surface area contributed by atoms with Gasteiger partial charge in [0.2, 0.25) is 5.91 Å². The van der Waals surface area contributed by atoms with Gasteiger partial charge in [0.1, 0.15) is 0 Å². The number of nitriles is 1. The van der Waals surface area contributed by atoms with Crippen LogP contribution in [0.2, 0.25) is 0 Å². The number of methoxy groups -OCH3 is 2. The second kappa shape index (κ2) is 9.44. The van der Waals surface area contributed by atoms with Gasteiger partial charge in [-0.3, -0.25) is 9.69 Å². The van der Waals surface area contributed by atoms with Crippen LogP contribution in [0.1, 0.15) is 11.1 Å². The maximum absolute atomic E-state index is 12.1. The highest BCUT2D eigenvalue weighted by atomic mass is 16.5. The molecule has 0 aliphatic heterocycles. The minimum Gasteiger partial charge on any atom is -0.493 e. The van der Waals surface area contributed by atoms with Crippen LogP contribution in [0.3, 0.4) is 0 Å². The molecule has 0 fully saturated rings. The summed E-state index contributed by atoms with van der Waals surface area (Å²) in [5, 5.41) is 11.7. The second-order valence-corrected chi connectivity index (χ2v) is 5.92. The number of nitrogens with one attached hydrogen (secondary N) is 1. The maximum Gasteiger partial charge on any atom is 0.238 e. The Bertz CT molecular complexity index is 799. The summed E-state index contributed by atoms with van der Waals surface area (Å²) < 4.78 is 10.5. The third-order valence-electron chi connectivity index (χ3n) is 3.92. The van der Waals surface area contributed by atoms with Gasteiger partial charge in [-0.2, -0.15) is 5.26 Å². The lowest BCUT2D eigenvalue weighted by Crippen LogP contribution is -2.31. The van der Waals surface area contributed by atoms with E-state index in [-0.39, 0.29) is 12.5 Å². The molecule has 1 amide bonds. The van der Waals surface area contributed by atoms with E-state index in [1.165, 1.54) is 0 Å². The third kappa shape index (κ3) is 5.50. The van der Waals surface area contributed by atoms with Gasteiger partial charge in [0.25, 0.3) is 0 Å². The predicted molar refractivity (Wildman–Crippen MR) is 101 cm³/mol. The molecule has 2 aromatic rings. The molecule has 136 valence electrons. The largest absolute Gasteiger partial charge is 0.493 e. The van der Waals surface area contributed by atoms with Crippen molar-refractivity contribution < 1.29 is 14.3 Å². The maximum atomic E-state index is 12.1. The van der Waals surface area contributed by atoms with Crippen LogP contribution in [0.4, 0.5) is 5.69 Å². The third-order valence-corrected chi connectivity index (χ3v) is 3.92. The average molecular weight is 353 g/mol. The molecule has 2 rings (SSSR count). The molecule has 2 aromatic carbocycles. The summed E-state index contributed by atoms with van der Waals surface area (Å²) in [7, 11) is 5.11. The standard InChI is InChI=1S/C20H23N3O3/c1-23(10-9-15-7-8-18(25-2)19(12-15)26-3)14-20(24)22-17-6-4-5-16(11-17)13-21/h4-8,11-12H,9-10,14H2,1-3H3,(H,22,24). The zero-order valence-electron chi connectivity index (χ0n) is 15.3. The minimum absolute atomic E-state index is 0.116. The highest BCUT2D eigenvalue weighted by Gasteiger charge is 2.09. The van der Waals surface area contributed by atoms with Crippen LogP contribution in [-0.4, -0.2) is 45.2 Å². The van der Waals surface area contributed by atoms with E-state index in [9.17, 15) is 4.79 Å². The first-order valence-electron chi connectivity index (χ1n) is 8.25. The number of carbonyl (C=O) groups excluding carboxylic acids is 1. The zero-order valence-corrected chi connectivity index (χ0v) is 15.3. The van der Waals surface area contributed by atoms with Gasteiger partial charge in [0.05, 0.1) is 32.4 Å². The van der Waals surface area contributed by atoms with Crippen molar-refractivity contribution in [1.82, 2.24) is 4.90 Å². The first-order valence-corrected chi connectivity index (χ1v) is 8.25. The van der Waals surface area contributed by atoms with Crippen molar-refractivity contribution in [2.45, 2.75) is 6.42 Å². The van der Waals surface area contributed by atoms with Gasteiger partial charge < -0.3 is 14.8 Å². The summed E-state index contributed by atoms with van der Waals surface area (Å²) in [6.07, 6.45) is 0.786. The van der Waals surface area contributed by atoms with E-state index in [0.29, 0.717) is 22.7 Å². The number of amides is 1. The molecule has 1 N–H and O–H groups in total.